The standard InChI is InChI=1S/C40H47F3O5/c1-3-5-7-8-9-10-11-12-26-46-35-23-20-30(21-24-35)29-14-16-31(17-15-29)38(44)47-36-25-22-32-27-34(19-18-33(32)28-36)39(45)48-37(13-6-4-2)40(41,42)43/h14-17,20-25,27-28,37H,3-13,18-19,26H2,1-2H3/t37-/m1/s1. The van der Waals surface area contributed by atoms with Crippen molar-refractivity contribution in [3.8, 4) is 22.6 Å². The highest BCUT2D eigenvalue weighted by Crippen LogP contribution is 2.32. The van der Waals surface area contributed by atoms with E-state index in [9.17, 15) is 22.8 Å². The van der Waals surface area contributed by atoms with Crippen LogP contribution in [0.25, 0.3) is 17.2 Å². The van der Waals surface area contributed by atoms with E-state index in [1.807, 2.05) is 36.4 Å². The summed E-state index contributed by atoms with van der Waals surface area (Å²) in [5.41, 5.74) is 4.07. The molecule has 5 nitrogen and oxygen atoms in total. The number of rotatable bonds is 18. The van der Waals surface area contributed by atoms with E-state index in [-0.39, 0.29) is 18.4 Å². The molecule has 48 heavy (non-hydrogen) atoms. The van der Waals surface area contributed by atoms with Gasteiger partial charge in [0.15, 0.2) is 6.10 Å². The summed E-state index contributed by atoms with van der Waals surface area (Å²) in [4.78, 5) is 25.5. The van der Waals surface area contributed by atoms with Gasteiger partial charge < -0.3 is 14.2 Å². The summed E-state index contributed by atoms with van der Waals surface area (Å²) < 4.78 is 56.4. The van der Waals surface area contributed by atoms with Crippen LogP contribution >= 0.6 is 0 Å². The second kappa shape index (κ2) is 18.5. The number of hydrogen-bond donors (Lipinski definition) is 0. The third-order valence-corrected chi connectivity index (χ3v) is 8.59. The molecule has 1 aliphatic carbocycles. The number of carbonyl (C=O) groups excluding carboxylic acids is 2. The first-order chi connectivity index (χ1) is 23.2. The Balaban J connectivity index is 1.26. The summed E-state index contributed by atoms with van der Waals surface area (Å²) in [5.74, 6) is -0.263. The highest BCUT2D eigenvalue weighted by Gasteiger charge is 2.42. The molecule has 258 valence electrons. The second-order valence-electron chi connectivity index (χ2n) is 12.4. The lowest BCUT2D eigenvalue weighted by molar-refractivity contribution is -0.220. The van der Waals surface area contributed by atoms with Crippen LogP contribution in [0.15, 0.2) is 72.3 Å². The molecule has 0 aromatic heterocycles. The van der Waals surface area contributed by atoms with Crippen LogP contribution in [0.3, 0.4) is 0 Å². The Kier molecular flexibility index (Phi) is 14.1. The summed E-state index contributed by atoms with van der Waals surface area (Å²) in [5, 5.41) is 0. The van der Waals surface area contributed by atoms with Crippen LogP contribution in [-0.4, -0.2) is 30.8 Å². The topological polar surface area (TPSA) is 61.8 Å². The van der Waals surface area contributed by atoms with Crippen LogP contribution in [0.1, 0.15) is 112 Å². The molecule has 0 saturated carbocycles. The Labute approximate surface area is 282 Å². The van der Waals surface area contributed by atoms with Crippen molar-refractivity contribution in [3.05, 3.63) is 89.0 Å². The lowest BCUT2D eigenvalue weighted by Crippen LogP contribution is -2.34. The number of benzene rings is 3. The normalized spacial score (nSPS) is 13.3. The Morgan fingerprint density at radius 3 is 1.96 bits per heavy atom. The molecule has 0 fully saturated rings. The van der Waals surface area contributed by atoms with E-state index in [0.29, 0.717) is 42.7 Å². The van der Waals surface area contributed by atoms with E-state index < -0.39 is 24.2 Å². The molecule has 0 N–H and O–H groups in total. The molecule has 0 unspecified atom stereocenters. The Morgan fingerprint density at radius 1 is 0.708 bits per heavy atom. The zero-order valence-corrected chi connectivity index (χ0v) is 28.1. The van der Waals surface area contributed by atoms with Gasteiger partial charge in [-0.05, 0) is 96.8 Å². The van der Waals surface area contributed by atoms with E-state index >= 15 is 0 Å². The van der Waals surface area contributed by atoms with Crippen LogP contribution in [0.2, 0.25) is 0 Å². The van der Waals surface area contributed by atoms with Gasteiger partial charge in [-0.15, -0.1) is 0 Å². The smallest absolute Gasteiger partial charge is 0.425 e. The quantitative estimate of drug-likeness (QED) is 0.0769. The number of unbranched alkanes of at least 4 members (excludes halogenated alkanes) is 8. The van der Waals surface area contributed by atoms with Gasteiger partial charge in [0.2, 0.25) is 0 Å². The predicted octanol–water partition coefficient (Wildman–Crippen LogP) is 11.1. The van der Waals surface area contributed by atoms with E-state index in [0.717, 1.165) is 28.9 Å². The number of aryl methyl sites for hydroxylation is 1. The zero-order chi connectivity index (χ0) is 34.4. The number of carbonyl (C=O) groups is 2. The van der Waals surface area contributed by atoms with Crippen LogP contribution < -0.4 is 9.47 Å². The molecule has 1 aliphatic rings. The number of esters is 2. The monoisotopic (exact) mass is 664 g/mol. The van der Waals surface area contributed by atoms with Crippen molar-refractivity contribution in [2.75, 3.05) is 6.61 Å². The maximum Gasteiger partial charge on any atom is 0.425 e. The molecular weight excluding hydrogens is 617 g/mol. The Hall–Kier alpha value is -4.07. The van der Waals surface area contributed by atoms with Crippen LogP contribution in [0.4, 0.5) is 13.2 Å². The Bertz CT molecular complexity index is 1490. The van der Waals surface area contributed by atoms with Gasteiger partial charge in [0.1, 0.15) is 11.5 Å². The summed E-state index contributed by atoms with van der Waals surface area (Å²) in [6.45, 7) is 4.74. The van der Waals surface area contributed by atoms with E-state index in [4.69, 9.17) is 14.2 Å². The summed E-state index contributed by atoms with van der Waals surface area (Å²) >= 11 is 0. The van der Waals surface area contributed by atoms with Gasteiger partial charge in [0.05, 0.1) is 12.2 Å². The second-order valence-corrected chi connectivity index (χ2v) is 12.4. The van der Waals surface area contributed by atoms with Gasteiger partial charge in [-0.1, -0.05) is 95.5 Å². The van der Waals surface area contributed by atoms with Crippen LogP contribution in [0.5, 0.6) is 11.5 Å². The molecule has 3 aromatic rings. The number of fused-ring (bicyclic) bond motifs is 1. The fourth-order valence-corrected chi connectivity index (χ4v) is 5.71. The number of hydrogen-bond acceptors (Lipinski definition) is 5. The highest BCUT2D eigenvalue weighted by molar-refractivity contribution is 5.95. The lowest BCUT2D eigenvalue weighted by Gasteiger charge is -2.22. The van der Waals surface area contributed by atoms with Crippen LogP contribution in [0, 0.1) is 0 Å². The van der Waals surface area contributed by atoms with E-state index in [1.54, 1.807) is 43.3 Å². The minimum atomic E-state index is -4.61. The van der Waals surface area contributed by atoms with Gasteiger partial charge >= 0.3 is 18.1 Å². The van der Waals surface area contributed by atoms with Crippen molar-refractivity contribution in [1.82, 2.24) is 0 Å². The lowest BCUT2D eigenvalue weighted by atomic mass is 9.92. The van der Waals surface area contributed by atoms with Crippen molar-refractivity contribution in [2.24, 2.45) is 0 Å². The molecule has 0 radical (unpaired) electrons. The third-order valence-electron chi connectivity index (χ3n) is 8.59. The summed E-state index contributed by atoms with van der Waals surface area (Å²) in [6.07, 6.45) is 6.20. The number of alkyl halides is 3. The molecule has 0 aliphatic heterocycles. The minimum absolute atomic E-state index is 0.194. The van der Waals surface area contributed by atoms with Crippen molar-refractivity contribution in [2.45, 2.75) is 110 Å². The molecule has 8 heteroatoms. The van der Waals surface area contributed by atoms with E-state index in [2.05, 4.69) is 6.92 Å². The first-order valence-corrected chi connectivity index (χ1v) is 17.3. The molecule has 0 spiro atoms. The van der Waals surface area contributed by atoms with Gasteiger partial charge in [-0.25, -0.2) is 9.59 Å². The van der Waals surface area contributed by atoms with Crippen molar-refractivity contribution >= 4 is 18.0 Å². The van der Waals surface area contributed by atoms with Crippen molar-refractivity contribution in [3.63, 3.8) is 0 Å². The first kappa shape index (κ1) is 36.8. The highest BCUT2D eigenvalue weighted by atomic mass is 19.4. The number of halogens is 3. The van der Waals surface area contributed by atoms with E-state index in [1.165, 1.54) is 44.9 Å². The molecule has 1 atom stereocenters. The molecule has 0 saturated heterocycles. The maximum atomic E-state index is 13.3. The Morgan fingerprint density at radius 2 is 1.31 bits per heavy atom. The maximum absolute atomic E-state index is 13.3. The molecular formula is C40H47F3O5. The van der Waals surface area contributed by atoms with Gasteiger partial charge in [0, 0.05) is 5.57 Å². The van der Waals surface area contributed by atoms with Gasteiger partial charge in [-0.2, -0.15) is 13.2 Å². The summed E-state index contributed by atoms with van der Waals surface area (Å²) in [6, 6.07) is 20.1. The number of ether oxygens (including phenoxy) is 3. The van der Waals surface area contributed by atoms with Crippen molar-refractivity contribution in [1.29, 1.82) is 0 Å². The molecule has 0 heterocycles. The SMILES string of the molecule is CCCCCCCCCCOc1ccc(-c2ccc(C(=O)Oc3ccc4c(c3)CCC(C(=O)O[C@H](CCCC)C(F)(F)F)=C4)cc2)cc1. The molecule has 4 rings (SSSR count). The zero-order valence-electron chi connectivity index (χ0n) is 28.1. The average Bonchev–Trinajstić information content (AvgIpc) is 3.09. The summed E-state index contributed by atoms with van der Waals surface area (Å²) in [7, 11) is 0. The molecule has 3 aromatic carbocycles. The van der Waals surface area contributed by atoms with Crippen LogP contribution in [-0.2, 0) is 16.0 Å². The first-order valence-electron chi connectivity index (χ1n) is 17.3. The van der Waals surface area contributed by atoms with Crippen molar-refractivity contribution < 1.29 is 37.0 Å². The fourth-order valence-electron chi connectivity index (χ4n) is 5.71. The fraction of sp³-hybridized carbons (Fsp3) is 0.450. The van der Waals surface area contributed by atoms with Gasteiger partial charge in [0.25, 0.3) is 0 Å². The third kappa shape index (κ3) is 11.3. The minimum Gasteiger partial charge on any atom is -0.494 e. The average molecular weight is 665 g/mol. The molecule has 0 amide bonds. The molecule has 0 bridgehead atoms. The van der Waals surface area contributed by atoms with Gasteiger partial charge in [-0.3, -0.25) is 0 Å². The predicted molar refractivity (Wildman–Crippen MR) is 183 cm³/mol. The largest absolute Gasteiger partial charge is 0.494 e.